The Kier molecular flexibility index (Phi) is 7.62. The Morgan fingerprint density at radius 1 is 1.19 bits per heavy atom. The molecule has 2 aliphatic heterocycles. The van der Waals surface area contributed by atoms with Crippen LogP contribution in [0.25, 0.3) is 10.9 Å². The zero-order valence-electron chi connectivity index (χ0n) is 20.9. The summed E-state index contributed by atoms with van der Waals surface area (Å²) in [6.07, 6.45) is 3.20. The molecule has 0 amide bonds. The van der Waals surface area contributed by atoms with Gasteiger partial charge in [0.25, 0.3) is 0 Å². The molecule has 2 aliphatic rings. The van der Waals surface area contributed by atoms with Gasteiger partial charge in [0.05, 0.1) is 36.8 Å². The highest BCUT2D eigenvalue weighted by molar-refractivity contribution is 6.31. The summed E-state index contributed by atoms with van der Waals surface area (Å²) in [5.41, 5.74) is 1.29. The topological polar surface area (TPSA) is 85.8 Å². The SMILES string of the molecule is COc1cc2ncnc(Nc3ccc(F)c(Cl)c3)c2cc1OCCCN1CC2COC(=O)C(C)CC2C1. The van der Waals surface area contributed by atoms with Crippen LogP contribution in [0, 0.1) is 23.6 Å². The van der Waals surface area contributed by atoms with Crippen LogP contribution in [0.4, 0.5) is 15.9 Å². The minimum Gasteiger partial charge on any atom is -0.493 e. The van der Waals surface area contributed by atoms with Gasteiger partial charge in [0, 0.05) is 42.7 Å². The smallest absolute Gasteiger partial charge is 0.308 e. The molecule has 1 N–H and O–H groups in total. The first-order valence-electron chi connectivity index (χ1n) is 12.5. The van der Waals surface area contributed by atoms with Crippen molar-refractivity contribution in [3.63, 3.8) is 0 Å². The molecule has 8 nitrogen and oxygen atoms in total. The first kappa shape index (κ1) is 25.5. The van der Waals surface area contributed by atoms with Crippen LogP contribution >= 0.6 is 11.6 Å². The van der Waals surface area contributed by atoms with Crippen molar-refractivity contribution in [2.75, 3.05) is 45.3 Å². The molecule has 2 aromatic carbocycles. The number of carbonyl (C=O) groups excluding carboxylic acids is 1. The summed E-state index contributed by atoms with van der Waals surface area (Å²) >= 11 is 5.93. The monoisotopic (exact) mass is 528 g/mol. The first-order chi connectivity index (χ1) is 17.9. The zero-order chi connectivity index (χ0) is 25.9. The molecule has 0 bridgehead atoms. The molecule has 3 atom stereocenters. The van der Waals surface area contributed by atoms with Crippen LogP contribution < -0.4 is 14.8 Å². The molecular formula is C27H30ClFN4O4. The lowest BCUT2D eigenvalue weighted by atomic mass is 9.89. The van der Waals surface area contributed by atoms with Gasteiger partial charge in [0.1, 0.15) is 18.0 Å². The zero-order valence-corrected chi connectivity index (χ0v) is 21.6. The predicted octanol–water partition coefficient (Wildman–Crippen LogP) is 5.07. The third-order valence-electron chi connectivity index (χ3n) is 7.13. The van der Waals surface area contributed by atoms with Gasteiger partial charge in [-0.2, -0.15) is 0 Å². The summed E-state index contributed by atoms with van der Waals surface area (Å²) in [6.45, 7) is 5.85. The number of nitrogens with one attached hydrogen (secondary N) is 1. The second-order valence-corrected chi connectivity index (χ2v) is 10.2. The van der Waals surface area contributed by atoms with E-state index >= 15 is 0 Å². The van der Waals surface area contributed by atoms with E-state index in [-0.39, 0.29) is 16.9 Å². The summed E-state index contributed by atoms with van der Waals surface area (Å²) in [7, 11) is 1.59. The van der Waals surface area contributed by atoms with E-state index in [1.54, 1.807) is 13.2 Å². The second kappa shape index (κ2) is 11.1. The normalized spacial score (nSPS) is 21.8. The average molecular weight is 529 g/mol. The van der Waals surface area contributed by atoms with Crippen LogP contribution in [-0.2, 0) is 9.53 Å². The number of ether oxygens (including phenoxy) is 3. The Labute approximate surface area is 220 Å². The number of likely N-dealkylation sites (tertiary alicyclic amines) is 1. The average Bonchev–Trinajstić information content (AvgIpc) is 3.22. The van der Waals surface area contributed by atoms with E-state index in [0.717, 1.165) is 37.9 Å². The maximum absolute atomic E-state index is 13.6. The van der Waals surface area contributed by atoms with E-state index in [2.05, 4.69) is 20.2 Å². The van der Waals surface area contributed by atoms with Crippen molar-refractivity contribution in [2.24, 2.45) is 17.8 Å². The minimum atomic E-state index is -0.485. The maximum atomic E-state index is 13.6. The number of benzene rings is 2. The number of methoxy groups -OCH3 is 1. The lowest BCUT2D eigenvalue weighted by Crippen LogP contribution is -2.25. The number of esters is 1. The summed E-state index contributed by atoms with van der Waals surface area (Å²) in [5.74, 6) is 2.07. The Morgan fingerprint density at radius 2 is 2.03 bits per heavy atom. The number of nitrogens with zero attached hydrogens (tertiary/aromatic N) is 3. The number of anilines is 2. The van der Waals surface area contributed by atoms with Crippen molar-refractivity contribution in [2.45, 2.75) is 19.8 Å². The molecule has 0 aliphatic carbocycles. The van der Waals surface area contributed by atoms with Gasteiger partial charge < -0.3 is 24.4 Å². The highest BCUT2D eigenvalue weighted by Gasteiger charge is 2.38. The number of carbonyl (C=O) groups is 1. The van der Waals surface area contributed by atoms with Crippen LogP contribution in [0.5, 0.6) is 11.5 Å². The lowest BCUT2D eigenvalue weighted by molar-refractivity contribution is -0.147. The molecule has 2 fully saturated rings. The summed E-state index contributed by atoms with van der Waals surface area (Å²) in [5, 5.41) is 3.95. The molecule has 37 heavy (non-hydrogen) atoms. The number of aromatic nitrogens is 2. The number of fused-ring (bicyclic) bond motifs is 2. The van der Waals surface area contributed by atoms with Gasteiger partial charge >= 0.3 is 5.97 Å². The van der Waals surface area contributed by atoms with Crippen molar-refractivity contribution >= 4 is 40.0 Å². The molecule has 2 saturated heterocycles. The lowest BCUT2D eigenvalue weighted by Gasteiger charge is -2.18. The molecule has 5 rings (SSSR count). The molecule has 3 heterocycles. The van der Waals surface area contributed by atoms with E-state index in [1.165, 1.54) is 18.5 Å². The predicted molar refractivity (Wildman–Crippen MR) is 139 cm³/mol. The number of cyclic esters (lactones) is 1. The van der Waals surface area contributed by atoms with E-state index in [0.29, 0.717) is 53.6 Å². The standard InChI is InChI=1S/C27H30ClFN4O4/c1-16-8-17-12-33(13-18(17)14-37-27(16)34)6-3-7-36-25-10-20-23(11-24(25)35-2)30-15-31-26(20)32-19-4-5-22(29)21(28)9-19/h4-5,9-11,15-18H,3,6-8,12-14H2,1-2H3,(H,30,31,32). The van der Waals surface area contributed by atoms with E-state index in [4.69, 9.17) is 25.8 Å². The molecule has 10 heteroatoms. The van der Waals surface area contributed by atoms with Crippen molar-refractivity contribution in [3.05, 3.63) is 47.5 Å². The van der Waals surface area contributed by atoms with Crippen LogP contribution in [-0.4, -0.2) is 60.8 Å². The number of hydrogen-bond donors (Lipinski definition) is 1. The van der Waals surface area contributed by atoms with Crippen molar-refractivity contribution in [1.29, 1.82) is 0 Å². The largest absolute Gasteiger partial charge is 0.493 e. The fourth-order valence-electron chi connectivity index (χ4n) is 5.17. The molecule has 0 radical (unpaired) electrons. The summed E-state index contributed by atoms with van der Waals surface area (Å²) in [4.78, 5) is 23.0. The van der Waals surface area contributed by atoms with E-state index in [9.17, 15) is 9.18 Å². The van der Waals surface area contributed by atoms with Gasteiger partial charge in [-0.25, -0.2) is 14.4 Å². The molecule has 3 aromatic rings. The van der Waals surface area contributed by atoms with Gasteiger partial charge in [-0.3, -0.25) is 4.79 Å². The van der Waals surface area contributed by atoms with Crippen molar-refractivity contribution in [1.82, 2.24) is 14.9 Å². The van der Waals surface area contributed by atoms with Gasteiger partial charge in [-0.15, -0.1) is 0 Å². The van der Waals surface area contributed by atoms with Crippen molar-refractivity contribution < 1.29 is 23.4 Å². The first-order valence-corrected chi connectivity index (χ1v) is 12.9. The van der Waals surface area contributed by atoms with E-state index < -0.39 is 5.82 Å². The molecular weight excluding hydrogens is 499 g/mol. The number of hydrogen-bond acceptors (Lipinski definition) is 8. The molecule has 1 aromatic heterocycles. The molecule has 196 valence electrons. The van der Waals surface area contributed by atoms with Gasteiger partial charge in [-0.1, -0.05) is 18.5 Å². The van der Waals surface area contributed by atoms with Crippen LogP contribution in [0.1, 0.15) is 19.8 Å². The quantitative estimate of drug-likeness (QED) is 0.320. The van der Waals surface area contributed by atoms with Gasteiger partial charge in [0.15, 0.2) is 11.5 Å². The number of halogens is 2. The fourth-order valence-corrected chi connectivity index (χ4v) is 5.35. The second-order valence-electron chi connectivity index (χ2n) is 9.74. The third kappa shape index (κ3) is 5.72. The third-order valence-corrected chi connectivity index (χ3v) is 7.42. The Morgan fingerprint density at radius 3 is 2.84 bits per heavy atom. The van der Waals surface area contributed by atoms with Crippen LogP contribution in [0.2, 0.25) is 5.02 Å². The highest BCUT2D eigenvalue weighted by atomic mass is 35.5. The summed E-state index contributed by atoms with van der Waals surface area (Å²) in [6, 6.07) is 8.07. The fraction of sp³-hybridized carbons (Fsp3) is 0.444. The Hall–Kier alpha value is -3.17. The molecule has 3 unspecified atom stereocenters. The maximum Gasteiger partial charge on any atom is 0.308 e. The Balaban J connectivity index is 1.23. The van der Waals surface area contributed by atoms with E-state index in [1.807, 2.05) is 19.1 Å². The highest BCUT2D eigenvalue weighted by Crippen LogP contribution is 2.36. The van der Waals surface area contributed by atoms with Gasteiger partial charge in [-0.05, 0) is 43.0 Å². The number of rotatable bonds is 8. The van der Waals surface area contributed by atoms with Crippen LogP contribution in [0.15, 0.2) is 36.7 Å². The molecule has 0 spiro atoms. The minimum absolute atomic E-state index is 0.0254. The summed E-state index contributed by atoms with van der Waals surface area (Å²) < 4.78 is 30.7. The molecule has 0 saturated carbocycles. The van der Waals surface area contributed by atoms with Crippen LogP contribution in [0.3, 0.4) is 0 Å². The van der Waals surface area contributed by atoms with Gasteiger partial charge in [0.2, 0.25) is 0 Å². The van der Waals surface area contributed by atoms with Crippen molar-refractivity contribution in [3.8, 4) is 11.5 Å². The Bertz CT molecular complexity index is 1290.